The number of Topliss-reactive ketones (excluding diaryl/α,β-unsaturated/α-hetero) is 1. The van der Waals surface area contributed by atoms with Crippen molar-refractivity contribution in [3.05, 3.63) is 125 Å². The van der Waals surface area contributed by atoms with E-state index in [1.807, 2.05) is 19.1 Å². The van der Waals surface area contributed by atoms with Crippen LogP contribution in [0.2, 0.25) is 0 Å². The summed E-state index contributed by atoms with van der Waals surface area (Å²) in [5.41, 5.74) is 4.00. The van der Waals surface area contributed by atoms with E-state index in [2.05, 4.69) is 0 Å². The number of nitrogens with zero attached hydrogens (tertiary/aromatic N) is 2. The number of ketones is 1. The molecule has 0 saturated heterocycles. The molecule has 0 spiro atoms. The number of para-hydroxylation sites is 1. The molecule has 0 radical (unpaired) electrons. The minimum Gasteiger partial charge on any atom is -0.507 e. The van der Waals surface area contributed by atoms with Gasteiger partial charge in [-0.15, -0.1) is 0 Å². The molecule has 1 aliphatic heterocycles. The SMILES string of the molecule is Cc1ccc2nc(-c3ccc(N4C(=O)c5ccccc5C4=O)cc3)cc(C(=O)OCC(=O)c3ccccc3O)c2c1. The molecule has 0 atom stereocenters. The van der Waals surface area contributed by atoms with Crippen molar-refractivity contribution in [2.45, 2.75) is 6.92 Å². The zero-order valence-corrected chi connectivity index (χ0v) is 21.8. The fourth-order valence-corrected chi connectivity index (χ4v) is 4.86. The molecule has 0 aliphatic carbocycles. The molecule has 200 valence electrons. The first-order valence-corrected chi connectivity index (χ1v) is 12.8. The van der Waals surface area contributed by atoms with Crippen molar-refractivity contribution in [2.75, 3.05) is 11.5 Å². The number of aromatic hydroxyl groups is 1. The molecule has 4 aromatic carbocycles. The van der Waals surface area contributed by atoms with Crippen molar-refractivity contribution in [3.63, 3.8) is 0 Å². The number of ether oxygens (including phenoxy) is 1. The van der Waals surface area contributed by atoms with Gasteiger partial charge in [-0.25, -0.2) is 14.7 Å². The molecule has 0 bridgehead atoms. The minimum absolute atomic E-state index is 0.0644. The maximum atomic E-state index is 13.2. The van der Waals surface area contributed by atoms with E-state index in [1.165, 1.54) is 12.1 Å². The Morgan fingerprint density at radius 2 is 1.46 bits per heavy atom. The number of aromatic nitrogens is 1. The summed E-state index contributed by atoms with van der Waals surface area (Å²) in [5, 5.41) is 10.5. The summed E-state index contributed by atoms with van der Waals surface area (Å²) in [7, 11) is 0. The normalized spacial score (nSPS) is 12.5. The van der Waals surface area contributed by atoms with Crippen LogP contribution in [0.3, 0.4) is 0 Å². The molecule has 1 aromatic heterocycles. The number of imide groups is 1. The van der Waals surface area contributed by atoms with Crippen LogP contribution in [0.4, 0.5) is 5.69 Å². The largest absolute Gasteiger partial charge is 0.507 e. The first-order valence-electron chi connectivity index (χ1n) is 12.8. The average molecular weight is 543 g/mol. The van der Waals surface area contributed by atoms with E-state index in [4.69, 9.17) is 9.72 Å². The lowest BCUT2D eigenvalue weighted by Gasteiger charge is -2.15. The number of fused-ring (bicyclic) bond motifs is 2. The summed E-state index contributed by atoms with van der Waals surface area (Å²) in [6.45, 7) is 1.35. The number of hydrogen-bond acceptors (Lipinski definition) is 7. The maximum absolute atomic E-state index is 13.2. The molecule has 5 aromatic rings. The fourth-order valence-electron chi connectivity index (χ4n) is 4.86. The molecule has 1 aliphatic rings. The van der Waals surface area contributed by atoms with Crippen molar-refractivity contribution < 1.29 is 29.0 Å². The fraction of sp³-hybridized carbons (Fsp3) is 0.0606. The molecule has 1 N–H and O–H groups in total. The number of benzene rings is 4. The molecule has 8 heteroatoms. The quantitative estimate of drug-likeness (QED) is 0.165. The monoisotopic (exact) mass is 542 g/mol. The van der Waals surface area contributed by atoms with Crippen LogP contribution in [0.25, 0.3) is 22.2 Å². The zero-order valence-electron chi connectivity index (χ0n) is 21.8. The first-order chi connectivity index (χ1) is 19.8. The van der Waals surface area contributed by atoms with Gasteiger partial charge in [0.05, 0.1) is 39.2 Å². The van der Waals surface area contributed by atoms with Gasteiger partial charge in [-0.3, -0.25) is 14.4 Å². The van der Waals surface area contributed by atoms with Gasteiger partial charge in [0.1, 0.15) is 5.75 Å². The average Bonchev–Trinajstić information content (AvgIpc) is 3.25. The highest BCUT2D eigenvalue weighted by molar-refractivity contribution is 6.34. The number of aryl methyl sites for hydroxylation is 1. The third-order valence-corrected chi connectivity index (χ3v) is 6.94. The summed E-state index contributed by atoms with van der Waals surface area (Å²) >= 11 is 0. The smallest absolute Gasteiger partial charge is 0.339 e. The summed E-state index contributed by atoms with van der Waals surface area (Å²) in [4.78, 5) is 57.4. The van der Waals surface area contributed by atoms with Crippen LogP contribution in [0.15, 0.2) is 97.1 Å². The standard InChI is InChI=1S/C33H22N2O6/c1-19-10-15-27-25(16-19)26(33(40)41-18-30(37)24-8-4-5-9-29(24)36)17-28(34-27)20-11-13-21(14-12-20)35-31(38)22-6-2-3-7-23(22)32(35)39/h2-17,36H,18H2,1H3. The predicted molar refractivity (Wildman–Crippen MR) is 152 cm³/mol. The van der Waals surface area contributed by atoms with Gasteiger partial charge < -0.3 is 9.84 Å². The second-order valence-electron chi connectivity index (χ2n) is 9.63. The van der Waals surface area contributed by atoms with Crippen molar-refractivity contribution in [3.8, 4) is 17.0 Å². The molecule has 0 unspecified atom stereocenters. The van der Waals surface area contributed by atoms with E-state index >= 15 is 0 Å². The van der Waals surface area contributed by atoms with Gasteiger partial charge in [-0.1, -0.05) is 48.0 Å². The Kier molecular flexibility index (Phi) is 6.35. The molecule has 0 saturated carbocycles. The van der Waals surface area contributed by atoms with Crippen LogP contribution in [-0.2, 0) is 4.74 Å². The first kappa shape index (κ1) is 25.6. The Bertz CT molecular complexity index is 1860. The maximum Gasteiger partial charge on any atom is 0.339 e. The molecule has 41 heavy (non-hydrogen) atoms. The van der Waals surface area contributed by atoms with Gasteiger partial charge in [0.2, 0.25) is 5.78 Å². The van der Waals surface area contributed by atoms with Crippen molar-refractivity contribution in [2.24, 2.45) is 0 Å². The zero-order chi connectivity index (χ0) is 28.7. The molecule has 8 nitrogen and oxygen atoms in total. The highest BCUT2D eigenvalue weighted by Gasteiger charge is 2.36. The highest BCUT2D eigenvalue weighted by Crippen LogP contribution is 2.31. The lowest BCUT2D eigenvalue weighted by molar-refractivity contribution is 0.0475. The van der Waals surface area contributed by atoms with Crippen LogP contribution in [0.5, 0.6) is 5.75 Å². The van der Waals surface area contributed by atoms with Crippen LogP contribution in [0.1, 0.15) is 47.0 Å². The number of rotatable bonds is 6. The predicted octanol–water partition coefficient (Wildman–Crippen LogP) is 5.76. The Labute approximate surface area is 234 Å². The number of pyridine rings is 1. The number of carbonyl (C=O) groups is 4. The van der Waals surface area contributed by atoms with Crippen molar-refractivity contribution in [1.29, 1.82) is 0 Å². The van der Waals surface area contributed by atoms with Crippen LogP contribution >= 0.6 is 0 Å². The molecule has 0 fully saturated rings. The molecule has 6 rings (SSSR count). The van der Waals surface area contributed by atoms with Gasteiger partial charge in [0.15, 0.2) is 6.61 Å². The highest BCUT2D eigenvalue weighted by atomic mass is 16.5. The summed E-state index contributed by atoms with van der Waals surface area (Å²) in [6, 6.07) is 26.6. The number of anilines is 1. The number of carbonyl (C=O) groups excluding carboxylic acids is 4. The second kappa shape index (κ2) is 10.2. The molecular formula is C33H22N2O6. The number of esters is 1. The lowest BCUT2D eigenvalue weighted by Crippen LogP contribution is -2.29. The topological polar surface area (TPSA) is 114 Å². The van der Waals surface area contributed by atoms with E-state index in [0.29, 0.717) is 39.0 Å². The number of phenols is 1. The van der Waals surface area contributed by atoms with Crippen molar-refractivity contribution >= 4 is 40.2 Å². The Morgan fingerprint density at radius 1 is 0.805 bits per heavy atom. The summed E-state index contributed by atoms with van der Waals surface area (Å²) in [5.74, 6) is -2.21. The Hall–Kier alpha value is -5.63. The van der Waals surface area contributed by atoms with Crippen LogP contribution in [0, 0.1) is 6.92 Å². The second-order valence-corrected chi connectivity index (χ2v) is 9.63. The Balaban J connectivity index is 1.30. The van der Waals surface area contributed by atoms with Gasteiger partial charge in [0, 0.05) is 10.9 Å². The van der Waals surface area contributed by atoms with Crippen LogP contribution in [-0.4, -0.2) is 40.3 Å². The molecular weight excluding hydrogens is 520 g/mol. The molecule has 2 heterocycles. The number of phenolic OH excluding ortho intramolecular Hbond substituents is 1. The van der Waals surface area contributed by atoms with E-state index in [0.717, 1.165) is 10.5 Å². The van der Waals surface area contributed by atoms with Gasteiger partial charge in [-0.2, -0.15) is 0 Å². The lowest BCUT2D eigenvalue weighted by atomic mass is 10.0. The van der Waals surface area contributed by atoms with Gasteiger partial charge >= 0.3 is 5.97 Å². The Morgan fingerprint density at radius 3 is 2.15 bits per heavy atom. The van der Waals surface area contributed by atoms with Gasteiger partial charge in [0.25, 0.3) is 11.8 Å². The number of hydrogen-bond donors (Lipinski definition) is 1. The third kappa shape index (κ3) is 4.61. The van der Waals surface area contributed by atoms with E-state index in [1.54, 1.807) is 72.8 Å². The summed E-state index contributed by atoms with van der Waals surface area (Å²) in [6.07, 6.45) is 0. The van der Waals surface area contributed by atoms with Crippen molar-refractivity contribution in [1.82, 2.24) is 4.98 Å². The van der Waals surface area contributed by atoms with Crippen LogP contribution < -0.4 is 4.90 Å². The molecule has 2 amide bonds. The van der Waals surface area contributed by atoms with Gasteiger partial charge in [-0.05, 0) is 61.5 Å². The van der Waals surface area contributed by atoms with E-state index < -0.39 is 18.4 Å². The van der Waals surface area contributed by atoms with E-state index in [9.17, 15) is 24.3 Å². The van der Waals surface area contributed by atoms with E-state index in [-0.39, 0.29) is 28.7 Å². The minimum atomic E-state index is -0.712. The number of amides is 2. The third-order valence-electron chi connectivity index (χ3n) is 6.94. The summed E-state index contributed by atoms with van der Waals surface area (Å²) < 4.78 is 5.37.